The zero-order valence-electron chi connectivity index (χ0n) is 63.2. The fraction of sp³-hybridized carbons (Fsp3) is 0.857. The molecule has 10 heteroatoms. The lowest BCUT2D eigenvalue weighted by Crippen LogP contribution is -2.37. The van der Waals surface area contributed by atoms with E-state index in [4.69, 9.17) is 18.5 Å². The molecule has 0 bridgehead atoms. The van der Waals surface area contributed by atoms with E-state index in [1.165, 1.54) is 327 Å². The Morgan fingerprint density at radius 2 is 0.574 bits per heavy atom. The Morgan fingerprint density at radius 3 is 0.851 bits per heavy atom. The van der Waals surface area contributed by atoms with E-state index in [2.05, 4.69) is 74.6 Å². The predicted octanol–water partition coefficient (Wildman–Crippen LogP) is 27.3. The van der Waals surface area contributed by atoms with Gasteiger partial charge in [0.1, 0.15) is 19.8 Å². The van der Waals surface area contributed by atoms with Crippen LogP contribution in [-0.2, 0) is 32.7 Å². The number of carbonyl (C=O) groups is 2. The van der Waals surface area contributed by atoms with Gasteiger partial charge in [-0.05, 0) is 83.5 Å². The highest BCUT2D eigenvalue weighted by molar-refractivity contribution is 7.47. The monoisotopic (exact) mass is 1340 g/mol. The van der Waals surface area contributed by atoms with Crippen LogP contribution in [0.2, 0.25) is 0 Å². The number of esters is 2. The van der Waals surface area contributed by atoms with Crippen molar-refractivity contribution in [2.75, 3.05) is 47.5 Å². The summed E-state index contributed by atoms with van der Waals surface area (Å²) in [6, 6.07) is 0. The van der Waals surface area contributed by atoms with Gasteiger partial charge in [-0.2, -0.15) is 0 Å². The van der Waals surface area contributed by atoms with Gasteiger partial charge in [0.2, 0.25) is 0 Å². The van der Waals surface area contributed by atoms with Gasteiger partial charge in [0.15, 0.2) is 6.10 Å². The molecule has 9 nitrogen and oxygen atoms in total. The van der Waals surface area contributed by atoms with Gasteiger partial charge in [-0.1, -0.05) is 376 Å². The van der Waals surface area contributed by atoms with Crippen molar-refractivity contribution in [3.05, 3.63) is 60.8 Å². The first-order valence-electron chi connectivity index (χ1n) is 41.0. The van der Waals surface area contributed by atoms with Gasteiger partial charge >= 0.3 is 19.8 Å². The second-order valence-corrected chi connectivity index (χ2v) is 30.6. The predicted molar refractivity (Wildman–Crippen MR) is 409 cm³/mol. The maximum atomic E-state index is 12.9. The van der Waals surface area contributed by atoms with Crippen molar-refractivity contribution in [1.29, 1.82) is 0 Å². The van der Waals surface area contributed by atoms with Crippen molar-refractivity contribution in [3.8, 4) is 0 Å². The van der Waals surface area contributed by atoms with E-state index in [1.807, 2.05) is 21.1 Å². The van der Waals surface area contributed by atoms with Gasteiger partial charge in [-0.25, -0.2) is 4.57 Å². The Bertz CT molecular complexity index is 1770. The smallest absolute Gasteiger partial charge is 0.462 e. The molecule has 0 fully saturated rings. The molecule has 2 atom stereocenters. The number of hydrogen-bond acceptors (Lipinski definition) is 7. The third-order valence-electron chi connectivity index (χ3n) is 18.5. The van der Waals surface area contributed by atoms with Crippen molar-refractivity contribution in [2.45, 2.75) is 418 Å². The summed E-state index contributed by atoms with van der Waals surface area (Å²) in [5, 5.41) is 0. The van der Waals surface area contributed by atoms with Crippen molar-refractivity contribution >= 4 is 19.8 Å². The number of phosphoric ester groups is 1. The number of likely N-dealkylation sites (N-methyl/N-ethyl adjacent to an activating group) is 1. The van der Waals surface area contributed by atoms with Crippen molar-refractivity contribution in [2.24, 2.45) is 0 Å². The van der Waals surface area contributed by atoms with Crippen molar-refractivity contribution < 1.29 is 42.1 Å². The lowest BCUT2D eigenvalue weighted by Gasteiger charge is -2.24. The summed E-state index contributed by atoms with van der Waals surface area (Å²) < 4.78 is 34.9. The summed E-state index contributed by atoms with van der Waals surface area (Å²) in [7, 11) is 1.50. The quantitative estimate of drug-likeness (QED) is 0.0211. The molecule has 0 aliphatic carbocycles. The van der Waals surface area contributed by atoms with Crippen LogP contribution in [0.1, 0.15) is 412 Å². The fourth-order valence-electron chi connectivity index (χ4n) is 12.2. The van der Waals surface area contributed by atoms with Crippen molar-refractivity contribution in [3.63, 3.8) is 0 Å². The Labute approximate surface area is 585 Å². The second kappa shape index (κ2) is 74.9. The minimum atomic E-state index is -4.39. The van der Waals surface area contributed by atoms with Crippen LogP contribution >= 0.6 is 7.82 Å². The van der Waals surface area contributed by atoms with Gasteiger partial charge in [-0.3, -0.25) is 18.6 Å². The SMILES string of the molecule is CCCCCCC/C=C\C/C=C\C/C=C\CCCCCCCCCCCCCCCCCCCCCCCCC(=O)OC(COC(=O)CCCCCCCCCCCCCCCCCCCCCCC/C=C\C/C=C\CCCCCCC)COP(=O)(O)OCC[N+](C)(C)C. The first-order chi connectivity index (χ1) is 46.0. The van der Waals surface area contributed by atoms with E-state index >= 15 is 0 Å². The number of phosphoric acid groups is 1. The molecule has 0 radical (unpaired) electrons. The first kappa shape index (κ1) is 91.7. The molecular weight excluding hydrogens is 1180 g/mol. The lowest BCUT2D eigenvalue weighted by molar-refractivity contribution is -0.870. The normalized spacial score (nSPS) is 13.3. The second-order valence-electron chi connectivity index (χ2n) is 29.2. The molecule has 2 unspecified atom stereocenters. The van der Waals surface area contributed by atoms with E-state index in [9.17, 15) is 19.0 Å². The molecule has 0 spiro atoms. The van der Waals surface area contributed by atoms with Gasteiger partial charge < -0.3 is 18.9 Å². The van der Waals surface area contributed by atoms with Crippen LogP contribution in [0.25, 0.3) is 0 Å². The molecule has 0 saturated carbocycles. The highest BCUT2D eigenvalue weighted by Crippen LogP contribution is 2.43. The van der Waals surface area contributed by atoms with Crippen LogP contribution < -0.4 is 0 Å². The third-order valence-corrected chi connectivity index (χ3v) is 19.5. The zero-order valence-corrected chi connectivity index (χ0v) is 64.1. The number of ether oxygens (including phenoxy) is 2. The number of nitrogens with zero attached hydrogens (tertiary/aromatic N) is 1. The van der Waals surface area contributed by atoms with Gasteiger partial charge in [-0.15, -0.1) is 0 Å². The molecule has 0 heterocycles. The topological polar surface area (TPSA) is 108 Å². The first-order valence-corrected chi connectivity index (χ1v) is 42.5. The average Bonchev–Trinajstić information content (AvgIpc) is 1.56. The molecule has 0 aromatic carbocycles. The zero-order chi connectivity index (χ0) is 68.3. The Morgan fingerprint density at radius 1 is 0.330 bits per heavy atom. The van der Waals surface area contributed by atoms with E-state index in [-0.39, 0.29) is 25.6 Å². The number of quaternary nitrogens is 1. The molecule has 0 aromatic heterocycles. The van der Waals surface area contributed by atoms with Crippen LogP contribution in [-0.4, -0.2) is 74.9 Å². The summed E-state index contributed by atoms with van der Waals surface area (Å²) in [5.74, 6) is -0.774. The van der Waals surface area contributed by atoms with E-state index in [1.54, 1.807) is 0 Å². The highest BCUT2D eigenvalue weighted by atomic mass is 31.2. The Kier molecular flexibility index (Phi) is 73.1. The summed E-state index contributed by atoms with van der Waals surface area (Å²) >= 11 is 0. The molecule has 0 rings (SSSR count). The Hall–Kier alpha value is -2.29. The maximum absolute atomic E-state index is 12.9. The largest absolute Gasteiger partial charge is 0.472 e. The van der Waals surface area contributed by atoms with Gasteiger partial charge in [0.05, 0.1) is 27.7 Å². The third kappa shape index (κ3) is 78.7. The maximum Gasteiger partial charge on any atom is 0.472 e. The molecule has 94 heavy (non-hydrogen) atoms. The molecule has 0 saturated heterocycles. The van der Waals surface area contributed by atoms with Crippen LogP contribution in [0.5, 0.6) is 0 Å². The van der Waals surface area contributed by atoms with Crippen LogP contribution in [0.4, 0.5) is 0 Å². The lowest BCUT2D eigenvalue weighted by atomic mass is 10.0. The molecule has 0 aromatic rings. The van der Waals surface area contributed by atoms with E-state index < -0.39 is 26.5 Å². The number of rotatable bonds is 77. The van der Waals surface area contributed by atoms with Gasteiger partial charge in [0, 0.05) is 12.8 Å². The number of allylic oxidation sites excluding steroid dienone is 10. The fourth-order valence-corrected chi connectivity index (χ4v) is 13.0. The molecule has 0 aliphatic rings. The van der Waals surface area contributed by atoms with Crippen LogP contribution in [0.15, 0.2) is 60.8 Å². The number of carbonyl (C=O) groups excluding carboxylic acids is 2. The van der Waals surface area contributed by atoms with Crippen LogP contribution in [0.3, 0.4) is 0 Å². The molecular formula is C84H159NO8P+. The Balaban J connectivity index is 3.91. The summed E-state index contributed by atoms with van der Waals surface area (Å²) in [6.45, 7) is 4.48. The minimum absolute atomic E-state index is 0.0340. The average molecular weight is 1340 g/mol. The van der Waals surface area contributed by atoms with Gasteiger partial charge in [0.25, 0.3) is 0 Å². The van der Waals surface area contributed by atoms with Crippen molar-refractivity contribution in [1.82, 2.24) is 0 Å². The van der Waals surface area contributed by atoms with Crippen LogP contribution in [0, 0.1) is 0 Å². The molecule has 0 amide bonds. The standard InChI is InChI=1S/C84H158NO8P/c1-6-8-10-12-14-16-18-20-22-24-26-28-30-32-34-36-38-40-41-42-43-45-47-49-51-53-55-57-59-61-63-65-67-69-71-73-75-77-84(87)93-82(81-92-94(88,89)91-79-78-85(3,4)5)80-90-83(86)76-74-72-70-68-66-64-62-60-58-56-54-52-50-48-46-44-39-37-35-33-31-29-27-25-23-21-19-17-15-13-11-9-7-2/h18-21,24-27,30,32,82H,6-17,22-23,28-29,31,33-81H2,1-5H3/p+1/b20-18-,21-19-,26-24-,27-25-,32-30-. The molecule has 1 N–H and O–H groups in total. The van der Waals surface area contributed by atoms with E-state index in [0.29, 0.717) is 23.9 Å². The summed E-state index contributed by atoms with van der Waals surface area (Å²) in [6.07, 6.45) is 101. The summed E-state index contributed by atoms with van der Waals surface area (Å²) in [4.78, 5) is 36.0. The highest BCUT2D eigenvalue weighted by Gasteiger charge is 2.27. The number of hydrogen-bond donors (Lipinski definition) is 1. The molecule has 552 valence electrons. The van der Waals surface area contributed by atoms with E-state index in [0.717, 1.165) is 51.4 Å². The number of unbranched alkanes of at least 4 members (excludes halogenated alkanes) is 53. The minimum Gasteiger partial charge on any atom is -0.462 e. The molecule has 0 aliphatic heterocycles. The summed E-state index contributed by atoms with van der Waals surface area (Å²) in [5.41, 5.74) is 0.